The van der Waals surface area contributed by atoms with Crippen molar-refractivity contribution in [2.75, 3.05) is 13.2 Å². The summed E-state index contributed by atoms with van der Waals surface area (Å²) in [5.41, 5.74) is 1.04. The topological polar surface area (TPSA) is 26.3 Å². The molecule has 1 fully saturated rings. The van der Waals surface area contributed by atoms with E-state index < -0.39 is 0 Å². The maximum atomic E-state index is 11.2. The third-order valence-electron chi connectivity index (χ3n) is 3.10. The Kier molecular flexibility index (Phi) is 3.97. The van der Waals surface area contributed by atoms with Crippen LogP contribution >= 0.6 is 11.6 Å². The van der Waals surface area contributed by atoms with Crippen LogP contribution in [-0.4, -0.2) is 19.5 Å². The molecular weight excluding hydrogens is 224 g/mol. The Morgan fingerprint density at radius 2 is 2.12 bits per heavy atom. The minimum atomic E-state index is -0.0578. The van der Waals surface area contributed by atoms with E-state index in [4.69, 9.17) is 16.3 Å². The van der Waals surface area contributed by atoms with Gasteiger partial charge in [-0.05, 0) is 36.5 Å². The Labute approximate surface area is 101 Å². The van der Waals surface area contributed by atoms with E-state index >= 15 is 0 Å². The van der Waals surface area contributed by atoms with Crippen molar-refractivity contribution in [2.24, 2.45) is 5.92 Å². The third-order valence-corrected chi connectivity index (χ3v) is 3.36. The van der Waals surface area contributed by atoms with Gasteiger partial charge in [-0.3, -0.25) is 0 Å². The molecule has 0 spiro atoms. The summed E-state index contributed by atoms with van der Waals surface area (Å²) in [5, 5.41) is 0.702. The van der Waals surface area contributed by atoms with Crippen LogP contribution in [0, 0.1) is 5.92 Å². The molecule has 0 aromatic heterocycles. The number of ether oxygens (including phenoxy) is 1. The first-order valence-electron chi connectivity index (χ1n) is 5.60. The Morgan fingerprint density at radius 3 is 2.69 bits per heavy atom. The van der Waals surface area contributed by atoms with E-state index in [-0.39, 0.29) is 5.92 Å². The van der Waals surface area contributed by atoms with Gasteiger partial charge in [-0.25, -0.2) is 0 Å². The van der Waals surface area contributed by atoms with Crippen LogP contribution in [0.4, 0.5) is 0 Å². The molecule has 2 rings (SSSR count). The SMILES string of the molecule is O=CC(c1ccc(Cl)cc1)C1CCCOC1. The number of hydrogen-bond donors (Lipinski definition) is 0. The summed E-state index contributed by atoms with van der Waals surface area (Å²) in [5.74, 6) is 0.255. The highest BCUT2D eigenvalue weighted by atomic mass is 35.5. The number of aldehydes is 1. The number of halogens is 1. The molecule has 0 bridgehead atoms. The van der Waals surface area contributed by atoms with Crippen molar-refractivity contribution in [3.05, 3.63) is 34.9 Å². The van der Waals surface area contributed by atoms with Gasteiger partial charge in [-0.1, -0.05) is 23.7 Å². The fourth-order valence-electron chi connectivity index (χ4n) is 2.20. The normalized spacial score (nSPS) is 22.7. The molecular formula is C13H15ClO2. The lowest BCUT2D eigenvalue weighted by molar-refractivity contribution is -0.111. The summed E-state index contributed by atoms with van der Waals surface area (Å²) < 4.78 is 5.43. The van der Waals surface area contributed by atoms with Gasteiger partial charge >= 0.3 is 0 Å². The molecule has 1 aromatic rings. The molecule has 3 heteroatoms. The van der Waals surface area contributed by atoms with E-state index in [0.29, 0.717) is 17.5 Å². The Bertz CT molecular complexity index is 341. The Morgan fingerprint density at radius 1 is 1.38 bits per heavy atom. The smallest absolute Gasteiger partial charge is 0.127 e. The van der Waals surface area contributed by atoms with Crippen molar-refractivity contribution >= 4 is 17.9 Å². The van der Waals surface area contributed by atoms with Crippen LogP contribution in [0.25, 0.3) is 0 Å². The summed E-state index contributed by atoms with van der Waals surface area (Å²) in [6, 6.07) is 7.51. The molecule has 86 valence electrons. The Hall–Kier alpha value is -0.860. The van der Waals surface area contributed by atoms with Crippen molar-refractivity contribution in [1.29, 1.82) is 0 Å². The monoisotopic (exact) mass is 238 g/mol. The Balaban J connectivity index is 2.14. The lowest BCUT2D eigenvalue weighted by atomic mass is 9.84. The molecule has 2 unspecified atom stereocenters. The molecule has 0 N–H and O–H groups in total. The lowest BCUT2D eigenvalue weighted by Crippen LogP contribution is -2.24. The number of carbonyl (C=O) groups is 1. The van der Waals surface area contributed by atoms with Gasteiger partial charge in [-0.15, -0.1) is 0 Å². The highest BCUT2D eigenvalue weighted by molar-refractivity contribution is 6.30. The van der Waals surface area contributed by atoms with Gasteiger partial charge in [0.2, 0.25) is 0 Å². The van der Waals surface area contributed by atoms with Gasteiger partial charge in [0.25, 0.3) is 0 Å². The fourth-order valence-corrected chi connectivity index (χ4v) is 2.32. The summed E-state index contributed by atoms with van der Waals surface area (Å²) in [6.45, 7) is 1.51. The van der Waals surface area contributed by atoms with Crippen LogP contribution in [0.2, 0.25) is 5.02 Å². The second-order valence-electron chi connectivity index (χ2n) is 4.19. The number of hydrogen-bond acceptors (Lipinski definition) is 2. The molecule has 0 aliphatic carbocycles. The van der Waals surface area contributed by atoms with Crippen LogP contribution in [0.5, 0.6) is 0 Å². The third kappa shape index (κ3) is 2.63. The number of carbonyl (C=O) groups excluding carboxylic acids is 1. The van der Waals surface area contributed by atoms with E-state index in [0.717, 1.165) is 31.3 Å². The van der Waals surface area contributed by atoms with Gasteiger partial charge in [0.15, 0.2) is 0 Å². The molecule has 1 heterocycles. The van der Waals surface area contributed by atoms with Crippen LogP contribution in [0.3, 0.4) is 0 Å². The van der Waals surface area contributed by atoms with Gasteiger partial charge in [0.1, 0.15) is 6.29 Å². The maximum absolute atomic E-state index is 11.2. The average Bonchev–Trinajstić information content (AvgIpc) is 2.34. The molecule has 16 heavy (non-hydrogen) atoms. The fraction of sp³-hybridized carbons (Fsp3) is 0.462. The van der Waals surface area contributed by atoms with Crippen molar-refractivity contribution in [2.45, 2.75) is 18.8 Å². The van der Waals surface area contributed by atoms with Gasteiger partial charge in [-0.2, -0.15) is 0 Å². The molecule has 2 atom stereocenters. The molecule has 1 aliphatic heterocycles. The summed E-state index contributed by atoms with van der Waals surface area (Å²) in [6.07, 6.45) is 3.14. The zero-order chi connectivity index (χ0) is 11.4. The molecule has 1 saturated heterocycles. The second-order valence-corrected chi connectivity index (χ2v) is 4.63. The average molecular weight is 239 g/mol. The quantitative estimate of drug-likeness (QED) is 0.757. The first-order chi connectivity index (χ1) is 7.81. The van der Waals surface area contributed by atoms with Crippen LogP contribution < -0.4 is 0 Å². The first-order valence-corrected chi connectivity index (χ1v) is 5.97. The van der Waals surface area contributed by atoms with Crippen molar-refractivity contribution < 1.29 is 9.53 Å². The summed E-state index contributed by atoms with van der Waals surface area (Å²) >= 11 is 5.83. The molecule has 1 aromatic carbocycles. The highest BCUT2D eigenvalue weighted by Crippen LogP contribution is 2.29. The van der Waals surface area contributed by atoms with E-state index in [2.05, 4.69) is 0 Å². The zero-order valence-corrected chi connectivity index (χ0v) is 9.82. The summed E-state index contributed by atoms with van der Waals surface area (Å²) in [4.78, 5) is 11.2. The van der Waals surface area contributed by atoms with E-state index in [1.165, 1.54) is 0 Å². The minimum Gasteiger partial charge on any atom is -0.381 e. The van der Waals surface area contributed by atoms with Gasteiger partial charge in [0.05, 0.1) is 6.61 Å². The largest absolute Gasteiger partial charge is 0.381 e. The lowest BCUT2D eigenvalue weighted by Gasteiger charge is -2.27. The molecule has 0 radical (unpaired) electrons. The van der Waals surface area contributed by atoms with Crippen LogP contribution in [-0.2, 0) is 9.53 Å². The molecule has 2 nitrogen and oxygen atoms in total. The maximum Gasteiger partial charge on any atom is 0.127 e. The van der Waals surface area contributed by atoms with Crippen molar-refractivity contribution in [1.82, 2.24) is 0 Å². The predicted molar refractivity (Wildman–Crippen MR) is 63.8 cm³/mol. The van der Waals surface area contributed by atoms with Gasteiger partial charge in [0, 0.05) is 17.5 Å². The molecule has 1 aliphatic rings. The highest BCUT2D eigenvalue weighted by Gasteiger charge is 2.25. The van der Waals surface area contributed by atoms with Crippen molar-refractivity contribution in [3.8, 4) is 0 Å². The standard InChI is InChI=1S/C13H15ClO2/c14-12-5-3-10(4-6-12)13(8-15)11-2-1-7-16-9-11/h3-6,8,11,13H,1-2,7,9H2. The second kappa shape index (κ2) is 5.46. The van der Waals surface area contributed by atoms with Crippen molar-refractivity contribution in [3.63, 3.8) is 0 Å². The zero-order valence-electron chi connectivity index (χ0n) is 9.06. The minimum absolute atomic E-state index is 0.0578. The first kappa shape index (κ1) is 11.6. The van der Waals surface area contributed by atoms with Crippen LogP contribution in [0.1, 0.15) is 24.3 Å². The van der Waals surface area contributed by atoms with E-state index in [1.807, 2.05) is 24.3 Å². The van der Waals surface area contributed by atoms with Crippen LogP contribution in [0.15, 0.2) is 24.3 Å². The molecule has 0 saturated carbocycles. The molecule has 0 amide bonds. The van der Waals surface area contributed by atoms with E-state index in [1.54, 1.807) is 0 Å². The van der Waals surface area contributed by atoms with Gasteiger partial charge < -0.3 is 9.53 Å². The number of benzene rings is 1. The van der Waals surface area contributed by atoms with E-state index in [9.17, 15) is 4.79 Å². The predicted octanol–water partition coefficient (Wildman–Crippen LogP) is 3.05. The summed E-state index contributed by atoms with van der Waals surface area (Å²) in [7, 11) is 0. The number of rotatable bonds is 3.